The van der Waals surface area contributed by atoms with Gasteiger partial charge in [-0.1, -0.05) is 18.2 Å². The molecule has 0 saturated heterocycles. The standard InChI is InChI=1S/C19H18O4/c1-9-6-12(7-10(2)11(9)3)13-4-5-15(20)17-14(13)8-16(21)18(22)19(17)23/h4-8,20-23H,1-3H3. The highest BCUT2D eigenvalue weighted by Gasteiger charge is 2.18. The summed E-state index contributed by atoms with van der Waals surface area (Å²) >= 11 is 0. The molecule has 0 unspecified atom stereocenters. The van der Waals surface area contributed by atoms with E-state index < -0.39 is 17.2 Å². The molecule has 0 amide bonds. The lowest BCUT2D eigenvalue weighted by Crippen LogP contribution is -1.90. The molecule has 4 N–H and O–H groups in total. The predicted molar refractivity (Wildman–Crippen MR) is 90.3 cm³/mol. The molecule has 3 rings (SSSR count). The summed E-state index contributed by atoms with van der Waals surface area (Å²) in [4.78, 5) is 0. The second kappa shape index (κ2) is 5.09. The summed E-state index contributed by atoms with van der Waals surface area (Å²) in [7, 11) is 0. The minimum atomic E-state index is -0.638. The number of benzene rings is 3. The first-order valence-electron chi connectivity index (χ1n) is 7.29. The number of aromatic hydroxyl groups is 4. The molecule has 118 valence electrons. The van der Waals surface area contributed by atoms with Crippen LogP contribution in [-0.4, -0.2) is 20.4 Å². The van der Waals surface area contributed by atoms with Crippen molar-refractivity contribution in [1.29, 1.82) is 0 Å². The molecule has 0 radical (unpaired) electrons. The van der Waals surface area contributed by atoms with Crippen molar-refractivity contribution in [3.63, 3.8) is 0 Å². The number of phenols is 4. The summed E-state index contributed by atoms with van der Waals surface area (Å²) in [6.07, 6.45) is 0. The van der Waals surface area contributed by atoms with Crippen molar-refractivity contribution >= 4 is 10.8 Å². The van der Waals surface area contributed by atoms with E-state index in [1.165, 1.54) is 17.7 Å². The molecule has 0 bridgehead atoms. The molecule has 0 aliphatic rings. The van der Waals surface area contributed by atoms with Crippen molar-refractivity contribution in [1.82, 2.24) is 0 Å². The Labute approximate surface area is 133 Å². The largest absolute Gasteiger partial charge is 0.507 e. The maximum Gasteiger partial charge on any atom is 0.201 e. The molecule has 3 aromatic carbocycles. The second-order valence-electron chi connectivity index (χ2n) is 5.88. The van der Waals surface area contributed by atoms with Gasteiger partial charge in [0.15, 0.2) is 11.5 Å². The van der Waals surface area contributed by atoms with Gasteiger partial charge in [0.25, 0.3) is 0 Å². The molecule has 23 heavy (non-hydrogen) atoms. The van der Waals surface area contributed by atoms with Gasteiger partial charge >= 0.3 is 0 Å². The lowest BCUT2D eigenvalue weighted by molar-refractivity contribution is 0.370. The molecule has 3 aromatic rings. The fourth-order valence-corrected chi connectivity index (χ4v) is 2.89. The molecule has 4 heteroatoms. The van der Waals surface area contributed by atoms with Gasteiger partial charge < -0.3 is 20.4 Å². The van der Waals surface area contributed by atoms with Crippen molar-refractivity contribution in [2.24, 2.45) is 0 Å². The SMILES string of the molecule is Cc1cc(-c2ccc(O)c3c(O)c(O)c(O)cc23)cc(C)c1C. The lowest BCUT2D eigenvalue weighted by atomic mass is 9.92. The number of hydrogen-bond donors (Lipinski definition) is 4. The molecule has 0 saturated carbocycles. The van der Waals surface area contributed by atoms with Crippen LogP contribution in [0, 0.1) is 20.8 Å². The van der Waals surface area contributed by atoms with E-state index in [0.717, 1.165) is 22.3 Å². The van der Waals surface area contributed by atoms with Gasteiger partial charge in [-0.25, -0.2) is 0 Å². The summed E-state index contributed by atoms with van der Waals surface area (Å²) in [5.74, 6) is -1.75. The predicted octanol–water partition coefficient (Wildman–Crippen LogP) is 4.25. The van der Waals surface area contributed by atoms with Crippen LogP contribution in [-0.2, 0) is 0 Å². The van der Waals surface area contributed by atoms with Gasteiger partial charge in [0.2, 0.25) is 5.75 Å². The van der Waals surface area contributed by atoms with Crippen LogP contribution in [0.2, 0.25) is 0 Å². The van der Waals surface area contributed by atoms with Gasteiger partial charge in [-0.2, -0.15) is 0 Å². The van der Waals surface area contributed by atoms with E-state index in [0.29, 0.717) is 5.39 Å². The average Bonchev–Trinajstić information content (AvgIpc) is 2.50. The van der Waals surface area contributed by atoms with E-state index in [9.17, 15) is 20.4 Å². The molecule has 0 atom stereocenters. The topological polar surface area (TPSA) is 80.9 Å². The third kappa shape index (κ3) is 2.23. The zero-order chi connectivity index (χ0) is 16.9. The molecule has 0 aliphatic carbocycles. The molecular formula is C19H18O4. The van der Waals surface area contributed by atoms with Gasteiger partial charge in [0.05, 0.1) is 5.39 Å². The van der Waals surface area contributed by atoms with Crippen molar-refractivity contribution in [2.45, 2.75) is 20.8 Å². The van der Waals surface area contributed by atoms with Crippen molar-refractivity contribution in [3.8, 4) is 34.1 Å². The Kier molecular flexibility index (Phi) is 3.33. The first kappa shape index (κ1) is 15.0. The van der Waals surface area contributed by atoms with Crippen LogP contribution in [0.25, 0.3) is 21.9 Å². The van der Waals surface area contributed by atoms with E-state index in [-0.39, 0.29) is 11.1 Å². The average molecular weight is 310 g/mol. The smallest absolute Gasteiger partial charge is 0.201 e. The highest BCUT2D eigenvalue weighted by atomic mass is 16.3. The van der Waals surface area contributed by atoms with Gasteiger partial charge in [-0.05, 0) is 60.7 Å². The van der Waals surface area contributed by atoms with E-state index in [2.05, 4.69) is 6.92 Å². The normalized spacial score (nSPS) is 11.1. The zero-order valence-corrected chi connectivity index (χ0v) is 13.2. The molecule has 0 spiro atoms. The van der Waals surface area contributed by atoms with Gasteiger partial charge in [0, 0.05) is 5.39 Å². The van der Waals surface area contributed by atoms with Crippen LogP contribution in [0.15, 0.2) is 30.3 Å². The molecular weight excluding hydrogens is 292 g/mol. The molecule has 0 aliphatic heterocycles. The third-order valence-corrected chi connectivity index (χ3v) is 4.45. The number of fused-ring (bicyclic) bond motifs is 1. The van der Waals surface area contributed by atoms with Gasteiger partial charge in [-0.15, -0.1) is 0 Å². The second-order valence-corrected chi connectivity index (χ2v) is 5.88. The fraction of sp³-hybridized carbons (Fsp3) is 0.158. The Balaban J connectivity index is 2.42. The summed E-state index contributed by atoms with van der Waals surface area (Å²) in [6, 6.07) is 8.60. The summed E-state index contributed by atoms with van der Waals surface area (Å²) < 4.78 is 0. The van der Waals surface area contributed by atoms with Crippen LogP contribution in [0.1, 0.15) is 16.7 Å². The molecule has 4 nitrogen and oxygen atoms in total. The van der Waals surface area contributed by atoms with E-state index >= 15 is 0 Å². The molecule has 0 aromatic heterocycles. The number of hydrogen-bond acceptors (Lipinski definition) is 4. The van der Waals surface area contributed by atoms with Crippen LogP contribution >= 0.6 is 0 Å². The van der Waals surface area contributed by atoms with E-state index in [1.807, 2.05) is 26.0 Å². The minimum Gasteiger partial charge on any atom is -0.507 e. The zero-order valence-electron chi connectivity index (χ0n) is 13.2. The Morgan fingerprint density at radius 2 is 1.30 bits per heavy atom. The van der Waals surface area contributed by atoms with E-state index in [1.54, 1.807) is 6.07 Å². The molecule has 0 heterocycles. The maximum absolute atomic E-state index is 10.1. The van der Waals surface area contributed by atoms with Gasteiger partial charge in [-0.3, -0.25) is 0 Å². The molecule has 0 fully saturated rings. The minimum absolute atomic E-state index is 0.119. The van der Waals surface area contributed by atoms with Crippen LogP contribution in [0.4, 0.5) is 0 Å². The monoisotopic (exact) mass is 310 g/mol. The Hall–Kier alpha value is -2.88. The number of rotatable bonds is 1. The summed E-state index contributed by atoms with van der Waals surface area (Å²) in [5.41, 5.74) is 5.15. The number of aryl methyl sites for hydroxylation is 2. The van der Waals surface area contributed by atoms with Crippen LogP contribution in [0.3, 0.4) is 0 Å². The quantitative estimate of drug-likeness (QED) is 0.506. The Morgan fingerprint density at radius 1 is 0.696 bits per heavy atom. The lowest BCUT2D eigenvalue weighted by Gasteiger charge is -2.14. The highest BCUT2D eigenvalue weighted by molar-refractivity contribution is 6.05. The van der Waals surface area contributed by atoms with Crippen LogP contribution < -0.4 is 0 Å². The van der Waals surface area contributed by atoms with Crippen molar-refractivity contribution in [2.75, 3.05) is 0 Å². The fourth-order valence-electron chi connectivity index (χ4n) is 2.89. The van der Waals surface area contributed by atoms with Crippen LogP contribution in [0.5, 0.6) is 23.0 Å². The number of phenolic OH excluding ortho intramolecular Hbond substituents is 4. The van der Waals surface area contributed by atoms with Gasteiger partial charge in [0.1, 0.15) is 5.75 Å². The third-order valence-electron chi connectivity index (χ3n) is 4.45. The van der Waals surface area contributed by atoms with E-state index in [4.69, 9.17) is 0 Å². The Morgan fingerprint density at radius 3 is 1.91 bits per heavy atom. The van der Waals surface area contributed by atoms with Crippen molar-refractivity contribution in [3.05, 3.63) is 47.0 Å². The summed E-state index contributed by atoms with van der Waals surface area (Å²) in [6.45, 7) is 6.10. The maximum atomic E-state index is 10.1. The first-order chi connectivity index (χ1) is 10.8. The first-order valence-corrected chi connectivity index (χ1v) is 7.29. The highest BCUT2D eigenvalue weighted by Crippen LogP contribution is 2.47. The summed E-state index contributed by atoms with van der Waals surface area (Å²) in [5, 5.41) is 40.2. The Bertz CT molecular complexity index is 919. The van der Waals surface area contributed by atoms with Crippen molar-refractivity contribution < 1.29 is 20.4 Å².